The first-order chi connectivity index (χ1) is 12.0. The lowest BCUT2D eigenvalue weighted by molar-refractivity contribution is -0.384. The highest BCUT2D eigenvalue weighted by Crippen LogP contribution is 2.16. The largest absolute Gasteiger partial charge is 0.376 e. The maximum atomic E-state index is 12.6. The summed E-state index contributed by atoms with van der Waals surface area (Å²) in [5, 5.41) is 21.6. The van der Waals surface area contributed by atoms with Crippen molar-refractivity contribution < 1.29 is 14.5 Å². The molecule has 0 aromatic carbocycles. The summed E-state index contributed by atoms with van der Waals surface area (Å²) in [7, 11) is 1.76. The van der Waals surface area contributed by atoms with Crippen molar-refractivity contribution in [3.63, 3.8) is 0 Å². The van der Waals surface area contributed by atoms with Crippen LogP contribution < -0.4 is 5.32 Å². The molecular weight excluding hydrogens is 328 g/mol. The van der Waals surface area contributed by atoms with Crippen molar-refractivity contribution in [2.24, 2.45) is 7.05 Å². The highest BCUT2D eigenvalue weighted by atomic mass is 16.6. The summed E-state index contributed by atoms with van der Waals surface area (Å²) in [4.78, 5) is 22.9. The lowest BCUT2D eigenvalue weighted by Crippen LogP contribution is -2.33. The topological polar surface area (TPSA) is 117 Å². The summed E-state index contributed by atoms with van der Waals surface area (Å²) in [6, 6.07) is 0. The van der Waals surface area contributed by atoms with Gasteiger partial charge < -0.3 is 10.1 Å². The third kappa shape index (κ3) is 4.10. The number of hydrogen-bond acceptors (Lipinski definition) is 6. The van der Waals surface area contributed by atoms with Gasteiger partial charge in [-0.3, -0.25) is 19.6 Å². The van der Waals surface area contributed by atoms with Crippen molar-refractivity contribution in [3.8, 4) is 0 Å². The number of nitrogens with zero attached hydrogens (tertiary/aromatic N) is 5. The zero-order valence-corrected chi connectivity index (χ0v) is 13.7. The molecule has 2 aromatic heterocycles. The van der Waals surface area contributed by atoms with E-state index in [-0.39, 0.29) is 17.5 Å². The van der Waals surface area contributed by atoms with Gasteiger partial charge in [-0.1, -0.05) is 0 Å². The molecule has 0 aliphatic carbocycles. The SMILES string of the molecule is Cn1cc(C=C(C(=O)NCC2CCCO2)n2cc([N+](=O)[O-])cn2)cn1. The molecule has 132 valence electrons. The van der Waals surface area contributed by atoms with Crippen LogP contribution in [0.25, 0.3) is 11.8 Å². The Hall–Kier alpha value is -3.01. The summed E-state index contributed by atoms with van der Waals surface area (Å²) in [5.41, 5.74) is 0.658. The van der Waals surface area contributed by atoms with E-state index in [0.29, 0.717) is 18.7 Å². The summed E-state index contributed by atoms with van der Waals surface area (Å²) < 4.78 is 8.27. The van der Waals surface area contributed by atoms with Gasteiger partial charge in [0, 0.05) is 32.0 Å². The van der Waals surface area contributed by atoms with Crippen LogP contribution in [0.1, 0.15) is 18.4 Å². The Labute approximate surface area is 143 Å². The van der Waals surface area contributed by atoms with Crippen molar-refractivity contribution in [3.05, 3.63) is 40.5 Å². The second-order valence-corrected chi connectivity index (χ2v) is 5.72. The molecule has 1 aliphatic rings. The minimum Gasteiger partial charge on any atom is -0.376 e. The molecule has 0 radical (unpaired) electrons. The van der Waals surface area contributed by atoms with Crippen molar-refractivity contribution in [1.82, 2.24) is 24.9 Å². The van der Waals surface area contributed by atoms with E-state index >= 15 is 0 Å². The van der Waals surface area contributed by atoms with Gasteiger partial charge in [-0.05, 0) is 18.9 Å². The third-order valence-corrected chi connectivity index (χ3v) is 3.80. The Morgan fingerprint density at radius 2 is 2.32 bits per heavy atom. The molecule has 10 nitrogen and oxygen atoms in total. The molecule has 1 unspecified atom stereocenters. The zero-order valence-electron chi connectivity index (χ0n) is 13.7. The number of nitro groups is 1. The van der Waals surface area contributed by atoms with Crippen LogP contribution in [0.5, 0.6) is 0 Å². The van der Waals surface area contributed by atoms with Crippen molar-refractivity contribution >= 4 is 23.4 Å². The molecule has 3 rings (SSSR count). The lowest BCUT2D eigenvalue weighted by Gasteiger charge is -2.12. The lowest BCUT2D eigenvalue weighted by atomic mass is 10.2. The predicted molar refractivity (Wildman–Crippen MR) is 88.2 cm³/mol. The molecule has 10 heteroatoms. The van der Waals surface area contributed by atoms with Crippen molar-refractivity contribution in [1.29, 1.82) is 0 Å². The van der Waals surface area contributed by atoms with Crippen LogP contribution in [0, 0.1) is 10.1 Å². The normalized spacial score (nSPS) is 17.6. The molecule has 1 fully saturated rings. The second kappa shape index (κ2) is 7.26. The Bertz CT molecular complexity index is 803. The Kier molecular flexibility index (Phi) is 4.89. The van der Waals surface area contributed by atoms with Crippen molar-refractivity contribution in [2.45, 2.75) is 18.9 Å². The quantitative estimate of drug-likeness (QED) is 0.470. The number of aromatic nitrogens is 4. The number of carbonyl (C=O) groups excluding carboxylic acids is 1. The monoisotopic (exact) mass is 346 g/mol. The summed E-state index contributed by atoms with van der Waals surface area (Å²) in [5.74, 6) is -0.391. The molecule has 25 heavy (non-hydrogen) atoms. The highest BCUT2D eigenvalue weighted by molar-refractivity contribution is 6.18. The fourth-order valence-corrected chi connectivity index (χ4v) is 2.55. The molecule has 1 saturated heterocycles. The minimum atomic E-state index is -0.560. The average Bonchev–Trinajstić information content (AvgIpc) is 3.32. The van der Waals surface area contributed by atoms with E-state index in [0.717, 1.165) is 19.0 Å². The van der Waals surface area contributed by atoms with E-state index in [9.17, 15) is 14.9 Å². The smallest absolute Gasteiger partial charge is 0.307 e. The van der Waals surface area contributed by atoms with Gasteiger partial charge in [-0.25, -0.2) is 4.68 Å². The predicted octanol–water partition coefficient (Wildman–Crippen LogP) is 0.818. The fourth-order valence-electron chi connectivity index (χ4n) is 2.55. The Balaban J connectivity index is 1.83. The third-order valence-electron chi connectivity index (χ3n) is 3.80. The molecule has 1 N–H and O–H groups in total. The molecule has 1 aliphatic heterocycles. The van der Waals surface area contributed by atoms with E-state index < -0.39 is 10.8 Å². The van der Waals surface area contributed by atoms with Crippen molar-refractivity contribution in [2.75, 3.05) is 13.2 Å². The van der Waals surface area contributed by atoms with Crippen LogP contribution in [0.15, 0.2) is 24.8 Å². The van der Waals surface area contributed by atoms with Gasteiger partial charge in [0.2, 0.25) is 0 Å². The molecule has 0 saturated carbocycles. The second-order valence-electron chi connectivity index (χ2n) is 5.72. The number of aryl methyl sites for hydroxylation is 1. The van der Waals surface area contributed by atoms with E-state index in [1.165, 1.54) is 10.9 Å². The fraction of sp³-hybridized carbons (Fsp3) is 0.400. The number of rotatable bonds is 6. The number of nitrogens with one attached hydrogen (secondary N) is 1. The first-order valence-electron chi connectivity index (χ1n) is 7.82. The van der Waals surface area contributed by atoms with Crippen LogP contribution in [-0.2, 0) is 16.6 Å². The number of hydrogen-bond donors (Lipinski definition) is 1. The molecule has 1 amide bonds. The van der Waals surface area contributed by atoms with Gasteiger partial charge in [0.15, 0.2) is 0 Å². The van der Waals surface area contributed by atoms with Gasteiger partial charge in [0.05, 0.1) is 17.2 Å². The summed E-state index contributed by atoms with van der Waals surface area (Å²) >= 11 is 0. The molecule has 1 atom stereocenters. The van der Waals surface area contributed by atoms with Crippen LogP contribution in [-0.4, -0.2) is 49.6 Å². The molecule has 0 bridgehead atoms. The first kappa shape index (κ1) is 16.8. The first-order valence-corrected chi connectivity index (χ1v) is 7.82. The Morgan fingerprint density at radius 1 is 1.48 bits per heavy atom. The van der Waals surface area contributed by atoms with Gasteiger partial charge >= 0.3 is 5.69 Å². The van der Waals surface area contributed by atoms with E-state index in [1.807, 2.05) is 0 Å². The number of carbonyl (C=O) groups is 1. The average molecular weight is 346 g/mol. The van der Waals surface area contributed by atoms with Gasteiger partial charge in [0.25, 0.3) is 5.91 Å². The van der Waals surface area contributed by atoms with E-state index in [2.05, 4.69) is 15.5 Å². The standard InChI is InChI=1S/C15H18N6O4/c1-19-9-11(6-17-19)5-14(20-10-12(7-18-20)21(23)24)15(22)16-8-13-3-2-4-25-13/h5-7,9-10,13H,2-4,8H2,1H3,(H,16,22). The van der Waals surface area contributed by atoms with E-state index in [4.69, 9.17) is 4.74 Å². The Morgan fingerprint density at radius 3 is 2.92 bits per heavy atom. The molecule has 3 heterocycles. The maximum absolute atomic E-state index is 12.6. The van der Waals surface area contributed by atoms with E-state index in [1.54, 1.807) is 30.2 Å². The maximum Gasteiger partial charge on any atom is 0.307 e. The van der Waals surface area contributed by atoms with Crippen LogP contribution in [0.2, 0.25) is 0 Å². The summed E-state index contributed by atoms with van der Waals surface area (Å²) in [6.45, 7) is 1.08. The summed E-state index contributed by atoms with van der Waals surface area (Å²) in [6.07, 6.45) is 9.07. The number of ether oxygens (including phenoxy) is 1. The van der Waals surface area contributed by atoms with Gasteiger partial charge in [-0.15, -0.1) is 0 Å². The highest BCUT2D eigenvalue weighted by Gasteiger charge is 2.20. The molecule has 0 spiro atoms. The van der Waals surface area contributed by atoms with Crippen LogP contribution in [0.4, 0.5) is 5.69 Å². The zero-order chi connectivity index (χ0) is 17.8. The molecular formula is C15H18N6O4. The van der Waals surface area contributed by atoms with Crippen LogP contribution >= 0.6 is 0 Å². The minimum absolute atomic E-state index is 0.00412. The molecule has 2 aromatic rings. The van der Waals surface area contributed by atoms with Crippen LogP contribution in [0.3, 0.4) is 0 Å². The van der Waals surface area contributed by atoms with Gasteiger partial charge in [-0.2, -0.15) is 10.2 Å². The number of amides is 1. The van der Waals surface area contributed by atoms with Gasteiger partial charge in [0.1, 0.15) is 18.1 Å².